The molecule has 4 nitrogen and oxygen atoms in total. The number of hydrogen-bond donors (Lipinski definition) is 1. The van der Waals surface area contributed by atoms with Gasteiger partial charge in [0.15, 0.2) is 0 Å². The van der Waals surface area contributed by atoms with Crippen LogP contribution in [0.3, 0.4) is 0 Å². The van der Waals surface area contributed by atoms with Crippen molar-refractivity contribution in [3.8, 4) is 0 Å². The number of nitrogens with zero attached hydrogens (tertiary/aromatic N) is 1. The molecule has 0 spiro atoms. The first-order chi connectivity index (χ1) is 7.15. The Kier molecular flexibility index (Phi) is 7.72. The topological polar surface area (TPSA) is 55.6 Å². The smallest absolute Gasteiger partial charge is 0.225 e. The van der Waals surface area contributed by atoms with Gasteiger partial charge in [-0.15, -0.1) is 12.4 Å². The van der Waals surface area contributed by atoms with Crippen molar-refractivity contribution in [2.75, 3.05) is 20.2 Å². The fourth-order valence-electron chi connectivity index (χ4n) is 1.71. The second-order valence-electron chi connectivity index (χ2n) is 4.28. The maximum absolute atomic E-state index is 11.8. The number of nitrogens with two attached hydrogens (primary N) is 1. The zero-order chi connectivity index (χ0) is 11.3. The summed E-state index contributed by atoms with van der Waals surface area (Å²) < 4.78 is 5.53. The number of carbonyl (C=O) groups is 1. The van der Waals surface area contributed by atoms with Crippen LogP contribution in [0.4, 0.5) is 0 Å². The van der Waals surface area contributed by atoms with E-state index in [4.69, 9.17) is 10.5 Å². The van der Waals surface area contributed by atoms with Crippen LogP contribution in [-0.2, 0) is 9.53 Å². The van der Waals surface area contributed by atoms with E-state index in [1.165, 1.54) is 6.42 Å². The van der Waals surface area contributed by atoms with Gasteiger partial charge in [0.1, 0.15) is 0 Å². The highest BCUT2D eigenvalue weighted by molar-refractivity contribution is 5.85. The molecule has 1 heterocycles. The second-order valence-corrected chi connectivity index (χ2v) is 4.28. The summed E-state index contributed by atoms with van der Waals surface area (Å²) in [5, 5.41) is 0. The van der Waals surface area contributed by atoms with Crippen molar-refractivity contribution in [2.45, 2.75) is 44.8 Å². The Balaban J connectivity index is 0.00000225. The van der Waals surface area contributed by atoms with Gasteiger partial charge in [0, 0.05) is 26.2 Å². The second kappa shape index (κ2) is 7.87. The summed E-state index contributed by atoms with van der Waals surface area (Å²) in [7, 11) is 1.81. The Labute approximate surface area is 104 Å². The van der Waals surface area contributed by atoms with Gasteiger partial charge in [-0.3, -0.25) is 4.79 Å². The maximum atomic E-state index is 11.8. The summed E-state index contributed by atoms with van der Waals surface area (Å²) in [4.78, 5) is 13.5. The van der Waals surface area contributed by atoms with E-state index in [0.717, 1.165) is 19.4 Å². The van der Waals surface area contributed by atoms with E-state index < -0.39 is 0 Å². The monoisotopic (exact) mass is 250 g/mol. The molecule has 0 bridgehead atoms. The van der Waals surface area contributed by atoms with Gasteiger partial charge in [0.25, 0.3) is 0 Å². The van der Waals surface area contributed by atoms with Gasteiger partial charge in [-0.25, -0.2) is 0 Å². The average Bonchev–Trinajstić information content (AvgIpc) is 2.28. The predicted molar refractivity (Wildman–Crippen MR) is 66.7 cm³/mol. The molecular weight excluding hydrogens is 228 g/mol. The molecule has 96 valence electrons. The van der Waals surface area contributed by atoms with Crippen LogP contribution in [0.25, 0.3) is 0 Å². The van der Waals surface area contributed by atoms with Gasteiger partial charge < -0.3 is 15.4 Å². The van der Waals surface area contributed by atoms with E-state index in [0.29, 0.717) is 13.0 Å². The first-order valence-corrected chi connectivity index (χ1v) is 5.72. The molecular formula is C11H23ClN2O2. The average molecular weight is 251 g/mol. The number of halogens is 1. The third-order valence-electron chi connectivity index (χ3n) is 3.07. The molecule has 5 heteroatoms. The van der Waals surface area contributed by atoms with Crippen molar-refractivity contribution in [1.82, 2.24) is 4.90 Å². The summed E-state index contributed by atoms with van der Waals surface area (Å²) >= 11 is 0. The van der Waals surface area contributed by atoms with Gasteiger partial charge in [-0.05, 0) is 26.2 Å². The molecule has 1 rings (SSSR count). The molecule has 0 radical (unpaired) electrons. The van der Waals surface area contributed by atoms with Crippen molar-refractivity contribution in [2.24, 2.45) is 5.73 Å². The minimum absolute atomic E-state index is 0. The lowest BCUT2D eigenvalue weighted by Crippen LogP contribution is -2.41. The molecule has 0 aliphatic carbocycles. The van der Waals surface area contributed by atoms with E-state index in [1.807, 2.05) is 14.0 Å². The van der Waals surface area contributed by atoms with Crippen molar-refractivity contribution < 1.29 is 9.53 Å². The minimum Gasteiger partial charge on any atom is -0.378 e. The van der Waals surface area contributed by atoms with Gasteiger partial charge in [-0.1, -0.05) is 0 Å². The number of ether oxygens (including phenoxy) is 1. The molecule has 0 aromatic heterocycles. The van der Waals surface area contributed by atoms with Crippen LogP contribution in [0.2, 0.25) is 0 Å². The normalized spacial score (nSPS) is 22.1. The lowest BCUT2D eigenvalue weighted by molar-refractivity contribution is -0.135. The quantitative estimate of drug-likeness (QED) is 0.815. The molecule has 1 aliphatic rings. The van der Waals surface area contributed by atoms with Crippen LogP contribution >= 0.6 is 12.4 Å². The lowest BCUT2D eigenvalue weighted by atomic mass is 10.1. The van der Waals surface area contributed by atoms with Gasteiger partial charge >= 0.3 is 0 Å². The Hall–Kier alpha value is -0.320. The molecule has 2 unspecified atom stereocenters. The van der Waals surface area contributed by atoms with Crippen molar-refractivity contribution >= 4 is 18.3 Å². The molecule has 1 fully saturated rings. The standard InChI is InChI=1S/C11H22N2O2.ClH/c1-9(8-12)13(2)11(14)7-10-5-3-4-6-15-10;/h9-10H,3-8,12H2,1-2H3;1H. The van der Waals surface area contributed by atoms with Gasteiger partial charge in [0.2, 0.25) is 5.91 Å². The molecule has 1 amide bonds. The summed E-state index contributed by atoms with van der Waals surface area (Å²) in [6, 6.07) is 0.112. The molecule has 1 aliphatic heterocycles. The van der Waals surface area contributed by atoms with E-state index in [2.05, 4.69) is 0 Å². The summed E-state index contributed by atoms with van der Waals surface area (Å²) in [6.45, 7) is 3.27. The van der Waals surface area contributed by atoms with Crippen LogP contribution in [0.5, 0.6) is 0 Å². The van der Waals surface area contributed by atoms with Crippen molar-refractivity contribution in [1.29, 1.82) is 0 Å². The molecule has 16 heavy (non-hydrogen) atoms. The van der Waals surface area contributed by atoms with Crippen LogP contribution in [0, 0.1) is 0 Å². The van der Waals surface area contributed by atoms with E-state index in [9.17, 15) is 4.79 Å². The Morgan fingerprint density at radius 3 is 2.75 bits per heavy atom. The zero-order valence-corrected chi connectivity index (χ0v) is 11.0. The molecule has 0 aromatic carbocycles. The van der Waals surface area contributed by atoms with Crippen molar-refractivity contribution in [3.63, 3.8) is 0 Å². The van der Waals surface area contributed by atoms with E-state index in [1.54, 1.807) is 4.90 Å². The van der Waals surface area contributed by atoms with Crippen LogP contribution < -0.4 is 5.73 Å². The summed E-state index contributed by atoms with van der Waals surface area (Å²) in [6.07, 6.45) is 3.93. The minimum atomic E-state index is 0. The SMILES string of the molecule is CC(CN)N(C)C(=O)CC1CCCCO1.Cl. The highest BCUT2D eigenvalue weighted by Crippen LogP contribution is 2.16. The van der Waals surface area contributed by atoms with Crippen LogP contribution in [0.15, 0.2) is 0 Å². The Morgan fingerprint density at radius 2 is 2.25 bits per heavy atom. The number of amides is 1. The highest BCUT2D eigenvalue weighted by atomic mass is 35.5. The maximum Gasteiger partial charge on any atom is 0.225 e. The number of carbonyl (C=O) groups excluding carboxylic acids is 1. The summed E-state index contributed by atoms with van der Waals surface area (Å²) in [5.74, 6) is 0.139. The van der Waals surface area contributed by atoms with Crippen LogP contribution in [0.1, 0.15) is 32.6 Å². The Bertz CT molecular complexity index is 208. The van der Waals surface area contributed by atoms with Gasteiger partial charge in [-0.2, -0.15) is 0 Å². The lowest BCUT2D eigenvalue weighted by Gasteiger charge is -2.27. The fourth-order valence-corrected chi connectivity index (χ4v) is 1.71. The molecule has 2 N–H and O–H groups in total. The number of rotatable bonds is 4. The highest BCUT2D eigenvalue weighted by Gasteiger charge is 2.21. The zero-order valence-electron chi connectivity index (χ0n) is 10.1. The summed E-state index contributed by atoms with van der Waals surface area (Å²) in [5.41, 5.74) is 5.52. The molecule has 2 atom stereocenters. The molecule has 1 saturated heterocycles. The molecule has 0 aromatic rings. The van der Waals surface area contributed by atoms with E-state index in [-0.39, 0.29) is 30.5 Å². The Morgan fingerprint density at radius 1 is 1.56 bits per heavy atom. The van der Waals surface area contributed by atoms with Crippen LogP contribution in [-0.4, -0.2) is 43.2 Å². The third kappa shape index (κ3) is 4.68. The number of hydrogen-bond acceptors (Lipinski definition) is 3. The van der Waals surface area contributed by atoms with E-state index >= 15 is 0 Å². The third-order valence-corrected chi connectivity index (χ3v) is 3.07. The van der Waals surface area contributed by atoms with Gasteiger partial charge in [0.05, 0.1) is 12.5 Å². The fraction of sp³-hybridized carbons (Fsp3) is 0.909. The molecule has 0 saturated carbocycles. The largest absolute Gasteiger partial charge is 0.378 e. The first-order valence-electron chi connectivity index (χ1n) is 5.72. The van der Waals surface area contributed by atoms with Crippen molar-refractivity contribution in [3.05, 3.63) is 0 Å². The predicted octanol–water partition coefficient (Wildman–Crippen LogP) is 1.17. The first kappa shape index (κ1) is 15.7. The number of likely N-dealkylation sites (N-methyl/N-ethyl adjacent to an activating group) is 1.